The van der Waals surface area contributed by atoms with Gasteiger partial charge < -0.3 is 19.5 Å². The molecule has 6 heteroatoms. The van der Waals surface area contributed by atoms with Crippen LogP contribution in [0.4, 0.5) is 0 Å². The van der Waals surface area contributed by atoms with Gasteiger partial charge in [-0.25, -0.2) is 4.79 Å². The number of carboxylic acid groups (broad SMARTS) is 2. The zero-order valence-electron chi connectivity index (χ0n) is 12.2. The van der Waals surface area contributed by atoms with E-state index >= 15 is 0 Å². The molecule has 1 aromatic rings. The predicted octanol–water partition coefficient (Wildman–Crippen LogP) is -0.0713. The minimum Gasteiger partial charge on any atom is -0.543 e. The molecule has 1 heterocycles. The van der Waals surface area contributed by atoms with E-state index in [0.29, 0.717) is 0 Å². The van der Waals surface area contributed by atoms with Crippen LogP contribution >= 0.6 is 0 Å². The third-order valence-electron chi connectivity index (χ3n) is 2.39. The average molecular weight is 280 g/mol. The van der Waals surface area contributed by atoms with E-state index in [2.05, 4.69) is 11.6 Å². The van der Waals surface area contributed by atoms with Crippen molar-refractivity contribution in [2.45, 2.75) is 13.0 Å². The number of carboxylic acids is 2. The van der Waals surface area contributed by atoms with Crippen LogP contribution in [-0.2, 0) is 9.59 Å². The van der Waals surface area contributed by atoms with E-state index in [4.69, 9.17) is 5.11 Å². The number of hydrogen-bond acceptors (Lipinski definition) is 4. The zero-order valence-corrected chi connectivity index (χ0v) is 12.2. The number of carbonyl (C=O) groups excluding carboxylic acids is 1. The van der Waals surface area contributed by atoms with Crippen molar-refractivity contribution in [1.82, 2.24) is 4.98 Å². The second-order valence-corrected chi connectivity index (χ2v) is 5.11. The Bertz CT molecular complexity index is 478. The van der Waals surface area contributed by atoms with Crippen molar-refractivity contribution >= 4 is 18.0 Å². The highest BCUT2D eigenvalue weighted by Gasteiger charge is 2.32. The largest absolute Gasteiger partial charge is 0.543 e. The number of carbonyl (C=O) groups is 2. The van der Waals surface area contributed by atoms with Gasteiger partial charge in [0.15, 0.2) is 0 Å². The van der Waals surface area contributed by atoms with Gasteiger partial charge >= 0.3 is 5.97 Å². The number of quaternary nitrogens is 1. The van der Waals surface area contributed by atoms with Gasteiger partial charge in [-0.3, -0.25) is 4.98 Å². The lowest BCUT2D eigenvalue weighted by atomic mass is 10.2. The van der Waals surface area contributed by atoms with Gasteiger partial charge in [-0.15, -0.1) is 0 Å². The van der Waals surface area contributed by atoms with Gasteiger partial charge in [0.1, 0.15) is 5.97 Å². The Morgan fingerprint density at radius 1 is 1.45 bits per heavy atom. The lowest BCUT2D eigenvalue weighted by molar-refractivity contribution is -0.880. The molecule has 1 N–H and O–H groups in total. The highest BCUT2D eigenvalue weighted by Crippen LogP contribution is 2.01. The molecule has 20 heavy (non-hydrogen) atoms. The molecular formula is C14H20N2O4. The molecule has 1 atom stereocenters. The highest BCUT2D eigenvalue weighted by molar-refractivity contribution is 5.94. The van der Waals surface area contributed by atoms with Crippen molar-refractivity contribution in [2.75, 3.05) is 21.1 Å². The fourth-order valence-electron chi connectivity index (χ4n) is 1.44. The Hall–Kier alpha value is -2.21. The molecular weight excluding hydrogens is 260 g/mol. The molecule has 0 aliphatic carbocycles. The molecule has 0 fully saturated rings. The van der Waals surface area contributed by atoms with E-state index in [9.17, 15) is 14.7 Å². The Labute approximate surface area is 118 Å². The average Bonchev–Trinajstić information content (AvgIpc) is 2.26. The molecule has 6 nitrogen and oxygen atoms in total. The number of hydrogen-bond donors (Lipinski definition) is 1. The van der Waals surface area contributed by atoms with Crippen molar-refractivity contribution in [1.29, 1.82) is 0 Å². The SMILES string of the molecule is C=Cc1ccnc(C)c1.C[N+](C)(C)C(C(=O)[O-])C(=O)O. The smallest absolute Gasteiger partial charge is 0.368 e. The summed E-state index contributed by atoms with van der Waals surface area (Å²) in [4.78, 5) is 24.7. The summed E-state index contributed by atoms with van der Waals surface area (Å²) < 4.78 is -0.183. The number of aromatic nitrogens is 1. The normalized spacial score (nSPS) is 11.8. The lowest BCUT2D eigenvalue weighted by Crippen LogP contribution is -2.58. The van der Waals surface area contributed by atoms with E-state index in [1.807, 2.05) is 25.1 Å². The maximum Gasteiger partial charge on any atom is 0.368 e. The maximum atomic E-state index is 10.4. The van der Waals surface area contributed by atoms with Crippen molar-refractivity contribution in [3.63, 3.8) is 0 Å². The molecule has 0 saturated carbocycles. The van der Waals surface area contributed by atoms with Gasteiger partial charge in [0, 0.05) is 11.9 Å². The first-order valence-corrected chi connectivity index (χ1v) is 5.89. The number of nitrogens with zero attached hydrogens (tertiary/aromatic N) is 2. The summed E-state index contributed by atoms with van der Waals surface area (Å²) in [6, 6.07) is 2.42. The lowest BCUT2D eigenvalue weighted by Gasteiger charge is -2.31. The molecule has 0 aliphatic heterocycles. The Morgan fingerprint density at radius 2 is 2.00 bits per heavy atom. The van der Waals surface area contributed by atoms with E-state index in [-0.39, 0.29) is 4.48 Å². The van der Waals surface area contributed by atoms with Crippen molar-refractivity contribution in [2.24, 2.45) is 0 Å². The standard InChI is InChI=1S/C8H9N.C6H11NO4/c1-3-8-4-5-9-7(2)6-8;1-7(2,3)4(5(8)9)6(10)11/h3-6H,1H2,2H3;4H,1-3H3,(H-,8,9,10,11). The van der Waals surface area contributed by atoms with Gasteiger partial charge in [-0.1, -0.05) is 12.7 Å². The second-order valence-electron chi connectivity index (χ2n) is 5.11. The van der Waals surface area contributed by atoms with Gasteiger partial charge in [0.05, 0.1) is 21.1 Å². The Balaban J connectivity index is 0.000000367. The second kappa shape index (κ2) is 7.40. The number of rotatable bonds is 4. The number of aliphatic carboxylic acids is 2. The molecule has 1 unspecified atom stereocenters. The van der Waals surface area contributed by atoms with E-state index in [1.165, 1.54) is 21.1 Å². The minimum atomic E-state index is -1.56. The van der Waals surface area contributed by atoms with Gasteiger partial charge in [0.2, 0.25) is 6.04 Å². The number of pyridine rings is 1. The summed E-state index contributed by atoms with van der Waals surface area (Å²) in [5, 5.41) is 18.7. The molecule has 0 spiro atoms. The molecule has 0 saturated heterocycles. The molecule has 1 rings (SSSR count). The molecule has 0 radical (unpaired) electrons. The Kier molecular flexibility index (Phi) is 6.58. The van der Waals surface area contributed by atoms with E-state index in [0.717, 1.165) is 11.3 Å². The summed E-state index contributed by atoms with van der Waals surface area (Å²) in [7, 11) is 4.44. The van der Waals surface area contributed by atoms with Gasteiger partial charge in [0.25, 0.3) is 0 Å². The Morgan fingerprint density at radius 3 is 2.20 bits per heavy atom. The fourth-order valence-corrected chi connectivity index (χ4v) is 1.44. The van der Waals surface area contributed by atoms with E-state index < -0.39 is 18.0 Å². The number of likely N-dealkylation sites (N-methyl/N-ethyl adjacent to an activating group) is 1. The van der Waals surface area contributed by atoms with Crippen LogP contribution in [0.2, 0.25) is 0 Å². The quantitative estimate of drug-likeness (QED) is 0.616. The van der Waals surface area contributed by atoms with Crippen LogP contribution in [0.25, 0.3) is 6.08 Å². The molecule has 0 amide bonds. The summed E-state index contributed by atoms with van der Waals surface area (Å²) in [6.07, 6.45) is 3.60. The predicted molar refractivity (Wildman–Crippen MR) is 73.5 cm³/mol. The van der Waals surface area contributed by atoms with E-state index in [1.54, 1.807) is 6.20 Å². The van der Waals surface area contributed by atoms with Gasteiger partial charge in [-0.05, 0) is 24.6 Å². The fraction of sp³-hybridized carbons (Fsp3) is 0.357. The first kappa shape index (κ1) is 17.8. The van der Waals surface area contributed by atoms with Crippen molar-refractivity contribution < 1.29 is 24.3 Å². The van der Waals surface area contributed by atoms with Crippen LogP contribution < -0.4 is 5.11 Å². The molecule has 110 valence electrons. The van der Waals surface area contributed by atoms with Crippen LogP contribution in [0.5, 0.6) is 0 Å². The van der Waals surface area contributed by atoms with Crippen LogP contribution in [0.1, 0.15) is 11.3 Å². The zero-order chi connectivity index (χ0) is 15.9. The summed E-state index contributed by atoms with van der Waals surface area (Å²) in [6.45, 7) is 5.61. The topological polar surface area (TPSA) is 90.3 Å². The monoisotopic (exact) mass is 280 g/mol. The van der Waals surface area contributed by atoms with Crippen LogP contribution in [-0.4, -0.2) is 53.7 Å². The minimum absolute atomic E-state index is 0.183. The maximum absolute atomic E-state index is 10.4. The van der Waals surface area contributed by atoms with Crippen molar-refractivity contribution in [3.8, 4) is 0 Å². The third kappa shape index (κ3) is 6.10. The van der Waals surface area contributed by atoms with Gasteiger partial charge in [-0.2, -0.15) is 0 Å². The third-order valence-corrected chi connectivity index (χ3v) is 2.39. The molecule has 0 aromatic carbocycles. The van der Waals surface area contributed by atoms with Crippen molar-refractivity contribution in [3.05, 3.63) is 36.2 Å². The first-order chi connectivity index (χ1) is 9.09. The molecule has 0 bridgehead atoms. The highest BCUT2D eigenvalue weighted by atomic mass is 16.4. The summed E-state index contributed by atoms with van der Waals surface area (Å²) in [5.41, 5.74) is 2.16. The molecule has 0 aliphatic rings. The summed E-state index contributed by atoms with van der Waals surface area (Å²) >= 11 is 0. The number of aryl methyl sites for hydroxylation is 1. The van der Waals surface area contributed by atoms with Crippen LogP contribution in [0, 0.1) is 6.92 Å². The van der Waals surface area contributed by atoms with Crippen LogP contribution in [0.3, 0.4) is 0 Å². The summed E-state index contributed by atoms with van der Waals surface area (Å²) in [5.74, 6) is -2.94. The molecule has 1 aromatic heterocycles. The first-order valence-electron chi connectivity index (χ1n) is 5.89. The van der Waals surface area contributed by atoms with Crippen LogP contribution in [0.15, 0.2) is 24.9 Å².